The van der Waals surface area contributed by atoms with E-state index in [-0.39, 0.29) is 12.1 Å². The van der Waals surface area contributed by atoms with Crippen molar-refractivity contribution in [2.24, 2.45) is 0 Å². The lowest BCUT2D eigenvalue weighted by molar-refractivity contribution is 0.00363. The normalized spacial score (nSPS) is 25.8. The van der Waals surface area contributed by atoms with E-state index in [4.69, 9.17) is 9.04 Å². The third-order valence-electron chi connectivity index (χ3n) is 2.26. The molecule has 2 heterocycles. The third-order valence-corrected chi connectivity index (χ3v) is 2.57. The number of urea groups is 1. The van der Waals surface area contributed by atoms with Gasteiger partial charge in [0.2, 0.25) is 0 Å². The molecule has 0 aromatic heterocycles. The highest BCUT2D eigenvalue weighted by Gasteiger charge is 2.40. The van der Waals surface area contributed by atoms with Crippen LogP contribution in [-0.2, 0) is 3.93 Å². The van der Waals surface area contributed by atoms with Crippen molar-refractivity contribution in [3.63, 3.8) is 0 Å². The average molecular weight is 253 g/mol. The molecule has 2 bridgehead atoms. The zero-order chi connectivity index (χ0) is 9.84. The van der Waals surface area contributed by atoms with Crippen LogP contribution in [0.1, 0.15) is 12.8 Å². The summed E-state index contributed by atoms with van der Waals surface area (Å²) in [6, 6.07) is 0.250. The minimum atomic E-state index is -0.00984. The Hall–Kier alpha value is -0.330. The first-order chi connectivity index (χ1) is 6.33. The number of fused-ring (bicyclic) bond motifs is 2. The number of aliphatic hydroxyl groups is 1. The maximum atomic E-state index is 11.3. The summed E-state index contributed by atoms with van der Waals surface area (Å²) in [5, 5.41) is 8.41. The molecule has 5 nitrogen and oxygen atoms in total. The highest BCUT2D eigenvalue weighted by atomic mass is 79.9. The highest BCUT2D eigenvalue weighted by molar-refractivity contribution is 9.05. The number of hydrogen-bond acceptors (Lipinski definition) is 3. The van der Waals surface area contributed by atoms with Gasteiger partial charge in [-0.1, -0.05) is 0 Å². The summed E-state index contributed by atoms with van der Waals surface area (Å²) in [5.41, 5.74) is 0. The molecule has 2 rings (SSSR count). The zero-order valence-corrected chi connectivity index (χ0v) is 9.03. The Labute approximate surface area is 85.7 Å². The van der Waals surface area contributed by atoms with Crippen molar-refractivity contribution >= 4 is 22.3 Å². The van der Waals surface area contributed by atoms with E-state index in [0.29, 0.717) is 0 Å². The maximum Gasteiger partial charge on any atom is 0.345 e. The van der Waals surface area contributed by atoms with Gasteiger partial charge >= 0.3 is 6.03 Å². The topological polar surface area (TPSA) is 53.0 Å². The number of aliphatic hydroxyl groups excluding tert-OH is 1. The minimum absolute atomic E-state index is 0.00984. The molecule has 0 saturated carbocycles. The van der Waals surface area contributed by atoms with Crippen molar-refractivity contribution in [2.45, 2.75) is 18.9 Å². The summed E-state index contributed by atoms with van der Waals surface area (Å²) in [6.07, 6.45) is 2.14. The molecule has 0 spiro atoms. The molecular weight excluding hydrogens is 240 g/mol. The van der Waals surface area contributed by atoms with Crippen LogP contribution in [0.15, 0.2) is 0 Å². The van der Waals surface area contributed by atoms with Gasteiger partial charge in [-0.2, -0.15) is 8.99 Å². The molecule has 76 valence electrons. The molecule has 6 heteroatoms. The quantitative estimate of drug-likeness (QED) is 0.749. The van der Waals surface area contributed by atoms with Crippen LogP contribution in [0.2, 0.25) is 0 Å². The lowest BCUT2D eigenvalue weighted by Crippen LogP contribution is -2.30. The number of rotatable bonds is 1. The monoisotopic (exact) mass is 252 g/mol. The number of nitrogens with zero attached hydrogens (tertiary/aromatic N) is 2. The average Bonchev–Trinajstić information content (AvgIpc) is 2.42. The van der Waals surface area contributed by atoms with E-state index in [1.54, 1.807) is 0 Å². The Morgan fingerprint density at radius 2 is 2.31 bits per heavy atom. The summed E-state index contributed by atoms with van der Waals surface area (Å²) in [6.45, 7) is 1.70. The molecule has 2 amide bonds. The Kier molecular flexibility index (Phi) is 3.95. The van der Waals surface area contributed by atoms with E-state index >= 15 is 0 Å². The van der Waals surface area contributed by atoms with Gasteiger partial charge in [-0.15, -0.1) is 0 Å². The molecule has 13 heavy (non-hydrogen) atoms. The largest absolute Gasteiger partial charge is 0.400 e. The number of carbonyl (C=O) groups excluding carboxylic acids is 1. The summed E-state index contributed by atoms with van der Waals surface area (Å²) in [7, 11) is 1.00. The van der Waals surface area contributed by atoms with Gasteiger partial charge in [0.05, 0.1) is 6.04 Å². The van der Waals surface area contributed by atoms with E-state index in [2.05, 4.69) is 16.3 Å². The van der Waals surface area contributed by atoms with Crippen molar-refractivity contribution in [1.82, 2.24) is 9.96 Å². The van der Waals surface area contributed by atoms with Crippen LogP contribution in [-0.4, -0.2) is 47.3 Å². The summed E-state index contributed by atoms with van der Waals surface area (Å²) >= 11 is 2.83. The summed E-state index contributed by atoms with van der Waals surface area (Å²) in [5.74, 6) is 0. The number of hydrogen-bond donors (Lipinski definition) is 1. The molecule has 1 N–H and O–H groups in total. The van der Waals surface area contributed by atoms with E-state index in [9.17, 15) is 4.79 Å². The van der Waals surface area contributed by atoms with Gasteiger partial charge in [0, 0.05) is 20.2 Å². The van der Waals surface area contributed by atoms with Crippen LogP contribution in [0.25, 0.3) is 0 Å². The first kappa shape index (κ1) is 10.7. The van der Waals surface area contributed by atoms with Crippen molar-refractivity contribution in [2.75, 3.05) is 20.2 Å². The summed E-state index contributed by atoms with van der Waals surface area (Å²) in [4.78, 5) is 13.1. The van der Waals surface area contributed by atoms with Crippen LogP contribution in [0.4, 0.5) is 4.79 Å². The van der Waals surface area contributed by atoms with Gasteiger partial charge in [-0.3, -0.25) is 0 Å². The molecule has 0 aromatic rings. The molecule has 0 aliphatic carbocycles. The standard InChI is InChI=1S/C6H9BrN2O2.CH4O/c7-11-9-5-2-1-3-8(4-5)6(9)10;1-2/h5H,1-4H2;2H,1H3. The molecule has 2 fully saturated rings. The van der Waals surface area contributed by atoms with E-state index in [1.807, 2.05) is 4.90 Å². The van der Waals surface area contributed by atoms with E-state index in [1.165, 1.54) is 5.06 Å². The first-order valence-corrected chi connectivity index (χ1v) is 4.79. The third kappa shape index (κ3) is 1.95. The fraction of sp³-hybridized carbons (Fsp3) is 0.857. The second kappa shape index (κ2) is 4.78. The highest BCUT2D eigenvalue weighted by Crippen LogP contribution is 2.26. The predicted octanol–water partition coefficient (Wildman–Crippen LogP) is 0.736. The first-order valence-electron chi connectivity index (χ1n) is 4.14. The second-order valence-electron chi connectivity index (χ2n) is 2.92. The maximum absolute atomic E-state index is 11.3. The molecule has 2 aliphatic rings. The van der Waals surface area contributed by atoms with Gasteiger partial charge in [0.15, 0.2) is 0 Å². The molecule has 0 aromatic carbocycles. The number of hydroxylamine groups is 2. The Bertz CT molecular complexity index is 191. The van der Waals surface area contributed by atoms with Crippen molar-refractivity contribution in [1.29, 1.82) is 0 Å². The second-order valence-corrected chi connectivity index (χ2v) is 3.21. The molecule has 0 radical (unpaired) electrons. The fourth-order valence-corrected chi connectivity index (χ4v) is 2.06. The smallest absolute Gasteiger partial charge is 0.345 e. The molecule has 1 atom stereocenters. The number of amides is 2. The van der Waals surface area contributed by atoms with Gasteiger partial charge in [0.1, 0.15) is 16.3 Å². The Morgan fingerprint density at radius 1 is 1.62 bits per heavy atom. The van der Waals surface area contributed by atoms with Gasteiger partial charge in [0.25, 0.3) is 0 Å². The number of carbonyl (C=O) groups is 1. The fourth-order valence-electron chi connectivity index (χ4n) is 1.70. The lowest BCUT2D eigenvalue weighted by atomic mass is 10.1. The van der Waals surface area contributed by atoms with E-state index in [0.717, 1.165) is 33.0 Å². The van der Waals surface area contributed by atoms with Crippen molar-refractivity contribution < 1.29 is 13.8 Å². The zero-order valence-electron chi connectivity index (χ0n) is 7.44. The van der Waals surface area contributed by atoms with Gasteiger partial charge in [-0.25, -0.2) is 4.79 Å². The molecule has 2 saturated heterocycles. The van der Waals surface area contributed by atoms with E-state index < -0.39 is 0 Å². The Morgan fingerprint density at radius 3 is 2.85 bits per heavy atom. The predicted molar refractivity (Wildman–Crippen MR) is 50.0 cm³/mol. The van der Waals surface area contributed by atoms with Crippen molar-refractivity contribution in [3.05, 3.63) is 0 Å². The SMILES string of the molecule is CO.O=C1N2CCCC(C2)N1OBr. The molecule has 2 aliphatic heterocycles. The Balaban J connectivity index is 0.000000396. The molecule has 1 unspecified atom stereocenters. The minimum Gasteiger partial charge on any atom is -0.400 e. The van der Waals surface area contributed by atoms with Crippen LogP contribution in [0.5, 0.6) is 0 Å². The van der Waals surface area contributed by atoms with Gasteiger partial charge < -0.3 is 10.0 Å². The van der Waals surface area contributed by atoms with Gasteiger partial charge in [-0.05, 0) is 12.8 Å². The van der Waals surface area contributed by atoms with Crippen molar-refractivity contribution in [3.8, 4) is 0 Å². The van der Waals surface area contributed by atoms with Crippen LogP contribution >= 0.6 is 16.3 Å². The number of piperidine rings is 1. The number of halogens is 1. The van der Waals surface area contributed by atoms with Crippen LogP contribution < -0.4 is 0 Å². The summed E-state index contributed by atoms with van der Waals surface area (Å²) < 4.78 is 4.79. The van der Waals surface area contributed by atoms with Crippen LogP contribution in [0.3, 0.4) is 0 Å². The van der Waals surface area contributed by atoms with Crippen LogP contribution in [0, 0.1) is 0 Å². The lowest BCUT2D eigenvalue weighted by Gasteiger charge is -2.19. The molecular formula is C7H13BrN2O3.